The number of carboxylic acids is 1. The highest BCUT2D eigenvalue weighted by Gasteiger charge is 2.33. The Morgan fingerprint density at radius 1 is 1.56 bits per heavy atom. The average molecular weight is 252 g/mol. The van der Waals surface area contributed by atoms with Crippen LogP contribution in [-0.2, 0) is 19.7 Å². The van der Waals surface area contributed by atoms with Crippen molar-refractivity contribution < 1.29 is 23.1 Å². The standard InChI is InChI=1S/C8H16N2O5S/c1-8(2)6-10(3-4-15-8)16(13,14)9-5-7(11)12/h9H,3-6H2,1-2H3,(H,11,12). The van der Waals surface area contributed by atoms with Gasteiger partial charge in [0.15, 0.2) is 0 Å². The summed E-state index contributed by atoms with van der Waals surface area (Å²) in [6.45, 7) is 3.71. The van der Waals surface area contributed by atoms with Crippen LogP contribution in [-0.4, -0.2) is 55.6 Å². The largest absolute Gasteiger partial charge is 0.480 e. The predicted octanol–water partition coefficient (Wildman–Crippen LogP) is -0.984. The minimum absolute atomic E-state index is 0.210. The Morgan fingerprint density at radius 3 is 2.69 bits per heavy atom. The van der Waals surface area contributed by atoms with Crippen molar-refractivity contribution in [2.75, 3.05) is 26.2 Å². The first-order valence-electron chi connectivity index (χ1n) is 4.83. The molecule has 0 aromatic carbocycles. The second-order valence-corrected chi connectivity index (χ2v) is 5.92. The highest BCUT2D eigenvalue weighted by Crippen LogP contribution is 2.18. The van der Waals surface area contributed by atoms with E-state index in [1.165, 1.54) is 4.31 Å². The first kappa shape index (κ1) is 13.4. The molecule has 8 heteroatoms. The lowest BCUT2D eigenvalue weighted by atomic mass is 10.1. The summed E-state index contributed by atoms with van der Waals surface area (Å²) < 4.78 is 31.9. The predicted molar refractivity (Wildman–Crippen MR) is 56.2 cm³/mol. The van der Waals surface area contributed by atoms with Crippen molar-refractivity contribution in [3.8, 4) is 0 Å². The Kier molecular flexibility index (Phi) is 3.89. The van der Waals surface area contributed by atoms with Gasteiger partial charge in [-0.1, -0.05) is 0 Å². The average Bonchev–Trinajstić information content (AvgIpc) is 2.13. The van der Waals surface area contributed by atoms with Crippen LogP contribution in [0.4, 0.5) is 0 Å². The highest BCUT2D eigenvalue weighted by molar-refractivity contribution is 7.87. The maximum atomic E-state index is 11.7. The highest BCUT2D eigenvalue weighted by atomic mass is 32.2. The van der Waals surface area contributed by atoms with Gasteiger partial charge in [-0.05, 0) is 13.8 Å². The van der Waals surface area contributed by atoms with E-state index in [9.17, 15) is 13.2 Å². The third kappa shape index (κ3) is 3.71. The molecular weight excluding hydrogens is 236 g/mol. The fraction of sp³-hybridized carbons (Fsp3) is 0.875. The number of morpholine rings is 1. The smallest absolute Gasteiger partial charge is 0.318 e. The molecule has 1 saturated heterocycles. The molecule has 16 heavy (non-hydrogen) atoms. The zero-order chi connectivity index (χ0) is 12.4. The normalized spacial score (nSPS) is 21.9. The molecule has 1 rings (SSSR count). The molecule has 1 fully saturated rings. The Bertz CT molecular complexity index is 365. The van der Waals surface area contributed by atoms with Crippen LogP contribution in [0.2, 0.25) is 0 Å². The molecule has 0 unspecified atom stereocenters. The summed E-state index contributed by atoms with van der Waals surface area (Å²) in [7, 11) is -3.73. The Balaban J connectivity index is 2.65. The van der Waals surface area contributed by atoms with Crippen LogP contribution in [0.1, 0.15) is 13.8 Å². The minimum atomic E-state index is -3.73. The molecule has 0 amide bonds. The van der Waals surface area contributed by atoms with Gasteiger partial charge in [-0.15, -0.1) is 0 Å². The second-order valence-electron chi connectivity index (χ2n) is 4.16. The Hall–Kier alpha value is -0.700. The van der Waals surface area contributed by atoms with Gasteiger partial charge < -0.3 is 9.84 Å². The zero-order valence-electron chi connectivity index (χ0n) is 9.26. The maximum Gasteiger partial charge on any atom is 0.318 e. The van der Waals surface area contributed by atoms with Gasteiger partial charge in [-0.2, -0.15) is 17.4 Å². The molecule has 94 valence electrons. The fourth-order valence-electron chi connectivity index (χ4n) is 1.42. The molecule has 2 N–H and O–H groups in total. The summed E-state index contributed by atoms with van der Waals surface area (Å²) in [5, 5.41) is 8.41. The van der Waals surface area contributed by atoms with E-state index in [0.717, 1.165) is 0 Å². The molecule has 0 radical (unpaired) electrons. The fourth-order valence-corrected chi connectivity index (χ4v) is 2.71. The quantitative estimate of drug-likeness (QED) is 0.670. The van der Waals surface area contributed by atoms with Gasteiger partial charge in [0.25, 0.3) is 10.2 Å². The minimum Gasteiger partial charge on any atom is -0.480 e. The van der Waals surface area contributed by atoms with Crippen LogP contribution in [0.3, 0.4) is 0 Å². The Labute approximate surface area is 94.6 Å². The van der Waals surface area contributed by atoms with Crippen molar-refractivity contribution in [2.24, 2.45) is 0 Å². The molecule has 1 aliphatic rings. The molecule has 0 bridgehead atoms. The van der Waals surface area contributed by atoms with Crippen molar-refractivity contribution in [3.63, 3.8) is 0 Å². The van der Waals surface area contributed by atoms with Gasteiger partial charge in [0.2, 0.25) is 0 Å². The van der Waals surface area contributed by atoms with Crippen LogP contribution in [0.15, 0.2) is 0 Å². The van der Waals surface area contributed by atoms with Gasteiger partial charge in [-0.3, -0.25) is 4.79 Å². The number of rotatable bonds is 4. The van der Waals surface area contributed by atoms with Gasteiger partial charge in [0.05, 0.1) is 12.2 Å². The molecule has 0 aliphatic carbocycles. The lowest BCUT2D eigenvalue weighted by molar-refractivity contribution is -0.135. The van der Waals surface area contributed by atoms with Gasteiger partial charge in [0, 0.05) is 13.1 Å². The van der Waals surface area contributed by atoms with Crippen molar-refractivity contribution in [3.05, 3.63) is 0 Å². The monoisotopic (exact) mass is 252 g/mol. The van der Waals surface area contributed by atoms with E-state index in [4.69, 9.17) is 9.84 Å². The van der Waals surface area contributed by atoms with Crippen LogP contribution in [0, 0.1) is 0 Å². The summed E-state index contributed by atoms with van der Waals surface area (Å²) in [4.78, 5) is 10.3. The van der Waals surface area contributed by atoms with E-state index in [-0.39, 0.29) is 13.1 Å². The molecule has 0 saturated carbocycles. The number of nitrogens with zero attached hydrogens (tertiary/aromatic N) is 1. The number of aliphatic carboxylic acids is 1. The summed E-state index contributed by atoms with van der Waals surface area (Å²) in [6, 6.07) is 0. The SMILES string of the molecule is CC1(C)CN(S(=O)(=O)NCC(=O)O)CCO1. The van der Waals surface area contributed by atoms with Gasteiger partial charge in [0.1, 0.15) is 6.54 Å². The third-order valence-electron chi connectivity index (χ3n) is 2.14. The van der Waals surface area contributed by atoms with Crippen molar-refractivity contribution in [1.82, 2.24) is 9.03 Å². The van der Waals surface area contributed by atoms with Crippen LogP contribution in [0.25, 0.3) is 0 Å². The number of nitrogens with one attached hydrogen (secondary N) is 1. The van der Waals surface area contributed by atoms with Gasteiger partial charge in [-0.25, -0.2) is 0 Å². The van der Waals surface area contributed by atoms with E-state index >= 15 is 0 Å². The van der Waals surface area contributed by atoms with Crippen molar-refractivity contribution in [1.29, 1.82) is 0 Å². The first-order valence-corrected chi connectivity index (χ1v) is 6.27. The van der Waals surface area contributed by atoms with E-state index in [1.807, 2.05) is 4.72 Å². The topological polar surface area (TPSA) is 95.9 Å². The van der Waals surface area contributed by atoms with E-state index in [0.29, 0.717) is 6.61 Å². The zero-order valence-corrected chi connectivity index (χ0v) is 10.1. The summed E-state index contributed by atoms with van der Waals surface area (Å²) in [6.07, 6.45) is 0. The van der Waals surface area contributed by atoms with E-state index < -0.39 is 28.3 Å². The summed E-state index contributed by atoms with van der Waals surface area (Å²) in [5.74, 6) is -1.21. The van der Waals surface area contributed by atoms with Crippen LogP contribution in [0.5, 0.6) is 0 Å². The summed E-state index contributed by atoms with van der Waals surface area (Å²) in [5.41, 5.74) is -0.545. The lowest BCUT2D eigenvalue weighted by Crippen LogP contribution is -2.54. The van der Waals surface area contributed by atoms with Crippen molar-refractivity contribution in [2.45, 2.75) is 19.4 Å². The van der Waals surface area contributed by atoms with Gasteiger partial charge >= 0.3 is 5.97 Å². The molecule has 7 nitrogen and oxygen atoms in total. The number of hydrogen-bond acceptors (Lipinski definition) is 4. The van der Waals surface area contributed by atoms with Crippen molar-refractivity contribution >= 4 is 16.2 Å². The van der Waals surface area contributed by atoms with Crippen LogP contribution < -0.4 is 4.72 Å². The van der Waals surface area contributed by atoms with Crippen LogP contribution >= 0.6 is 0 Å². The molecule has 1 aliphatic heterocycles. The number of carbonyl (C=O) groups is 1. The molecule has 0 aromatic heterocycles. The molecule has 0 atom stereocenters. The Morgan fingerprint density at radius 2 is 2.19 bits per heavy atom. The molecule has 0 aromatic rings. The first-order chi connectivity index (χ1) is 7.23. The van der Waals surface area contributed by atoms with E-state index in [1.54, 1.807) is 13.8 Å². The van der Waals surface area contributed by atoms with E-state index in [2.05, 4.69) is 0 Å². The summed E-state index contributed by atoms with van der Waals surface area (Å²) >= 11 is 0. The number of hydrogen-bond donors (Lipinski definition) is 2. The molecular formula is C8H16N2O5S. The third-order valence-corrected chi connectivity index (χ3v) is 3.64. The molecule has 0 spiro atoms. The number of carboxylic acid groups (broad SMARTS) is 1. The lowest BCUT2D eigenvalue weighted by Gasteiger charge is -2.37. The number of ether oxygens (including phenoxy) is 1. The second kappa shape index (κ2) is 4.66. The molecule has 1 heterocycles. The maximum absolute atomic E-state index is 11.7.